The van der Waals surface area contributed by atoms with E-state index >= 15 is 0 Å². The van der Waals surface area contributed by atoms with Crippen LogP contribution in [0.3, 0.4) is 0 Å². The van der Waals surface area contributed by atoms with Crippen LogP contribution in [0.4, 0.5) is 4.39 Å². The maximum Gasteiger partial charge on any atom is 0.339 e. The first kappa shape index (κ1) is 22.1. The number of carbonyl (C=O) groups is 2. The van der Waals surface area contributed by atoms with Gasteiger partial charge < -0.3 is 14.6 Å². The molecule has 1 heterocycles. The van der Waals surface area contributed by atoms with Gasteiger partial charge in [0.15, 0.2) is 0 Å². The van der Waals surface area contributed by atoms with Crippen molar-refractivity contribution < 1.29 is 18.7 Å². The maximum absolute atomic E-state index is 13.4. The molecule has 1 N–H and O–H groups in total. The molecule has 3 atom stereocenters. The summed E-state index contributed by atoms with van der Waals surface area (Å²) < 4.78 is 20.4. The van der Waals surface area contributed by atoms with Gasteiger partial charge in [0.25, 0.3) is 0 Å². The molecule has 1 aliphatic carbocycles. The highest BCUT2D eigenvalue weighted by Crippen LogP contribution is 2.30. The first-order valence-electron chi connectivity index (χ1n) is 10.7. The van der Waals surface area contributed by atoms with Gasteiger partial charge in [-0.05, 0) is 68.0 Å². The number of aromatic nitrogens is 1. The normalized spacial score (nSPS) is 21.3. The Bertz CT molecular complexity index is 904. The van der Waals surface area contributed by atoms with E-state index in [4.69, 9.17) is 4.74 Å². The van der Waals surface area contributed by atoms with Gasteiger partial charge in [0.05, 0.1) is 12.2 Å². The van der Waals surface area contributed by atoms with Crippen LogP contribution in [0.2, 0.25) is 0 Å². The zero-order valence-corrected chi connectivity index (χ0v) is 18.2. The maximum atomic E-state index is 13.4. The minimum absolute atomic E-state index is 0.0848. The fraction of sp³-hybridized carbons (Fsp3) is 0.500. The Morgan fingerprint density at radius 1 is 1.20 bits per heavy atom. The first-order chi connectivity index (χ1) is 14.3. The van der Waals surface area contributed by atoms with Crippen LogP contribution in [0, 0.1) is 24.6 Å². The van der Waals surface area contributed by atoms with Crippen molar-refractivity contribution in [3.8, 4) is 11.3 Å². The molecule has 3 rings (SSSR count). The zero-order chi connectivity index (χ0) is 21.8. The van der Waals surface area contributed by atoms with Crippen molar-refractivity contribution in [3.63, 3.8) is 0 Å². The quantitative estimate of drug-likeness (QED) is 0.696. The van der Waals surface area contributed by atoms with E-state index < -0.39 is 5.97 Å². The summed E-state index contributed by atoms with van der Waals surface area (Å²) in [6, 6.07) is 7.93. The predicted molar refractivity (Wildman–Crippen MR) is 115 cm³/mol. The number of hydrogen-bond acceptors (Lipinski definition) is 3. The molecule has 30 heavy (non-hydrogen) atoms. The molecular formula is C24H31FN2O3. The van der Waals surface area contributed by atoms with Gasteiger partial charge in [0, 0.05) is 17.4 Å². The summed E-state index contributed by atoms with van der Waals surface area (Å²) in [6.07, 6.45) is 3.30. The van der Waals surface area contributed by atoms with Gasteiger partial charge in [-0.2, -0.15) is 0 Å². The lowest BCUT2D eigenvalue weighted by Crippen LogP contribution is -2.44. The van der Waals surface area contributed by atoms with Crippen LogP contribution in [0.1, 0.15) is 56.1 Å². The number of benzene rings is 1. The van der Waals surface area contributed by atoms with Crippen LogP contribution in [0.5, 0.6) is 0 Å². The standard InChI is InChI=1S/C24H31FN2O3/c1-5-30-24(29)20-13-22(18-9-11-19(25)12-10-18)27(17(20)4)14-23(28)26-21-8-6-7-15(2)16(21)3/h9-13,15-16,21H,5-8,14H2,1-4H3,(H,26,28)/t15-,16+,21+/m0/s1. The number of carbonyl (C=O) groups excluding carboxylic acids is 2. The molecule has 1 amide bonds. The highest BCUT2D eigenvalue weighted by molar-refractivity contribution is 5.93. The lowest BCUT2D eigenvalue weighted by Gasteiger charge is -2.34. The van der Waals surface area contributed by atoms with Crippen molar-refractivity contribution in [2.24, 2.45) is 11.8 Å². The largest absolute Gasteiger partial charge is 0.462 e. The Morgan fingerprint density at radius 2 is 1.90 bits per heavy atom. The predicted octanol–water partition coefficient (Wildman–Crippen LogP) is 4.72. The van der Waals surface area contributed by atoms with E-state index in [1.807, 2.05) is 4.57 Å². The van der Waals surface area contributed by atoms with E-state index in [0.29, 0.717) is 28.8 Å². The average Bonchev–Trinajstić information content (AvgIpc) is 3.03. The summed E-state index contributed by atoms with van der Waals surface area (Å²) in [6.45, 7) is 8.35. The van der Waals surface area contributed by atoms with Gasteiger partial charge in [0.1, 0.15) is 12.4 Å². The number of amides is 1. The molecule has 5 nitrogen and oxygen atoms in total. The Kier molecular flexibility index (Phi) is 6.95. The summed E-state index contributed by atoms with van der Waals surface area (Å²) in [7, 11) is 0. The number of hydrogen-bond donors (Lipinski definition) is 1. The molecule has 1 aliphatic rings. The summed E-state index contributed by atoms with van der Waals surface area (Å²) in [5, 5.41) is 3.19. The van der Waals surface area contributed by atoms with Gasteiger partial charge in [-0.3, -0.25) is 4.79 Å². The Hall–Kier alpha value is -2.63. The summed E-state index contributed by atoms with van der Waals surface area (Å²) in [4.78, 5) is 25.3. The van der Waals surface area contributed by atoms with E-state index in [1.54, 1.807) is 32.0 Å². The van der Waals surface area contributed by atoms with E-state index in [9.17, 15) is 14.0 Å². The summed E-state index contributed by atoms with van der Waals surface area (Å²) >= 11 is 0. The molecule has 2 aromatic rings. The number of halogens is 1. The van der Waals surface area contributed by atoms with Crippen LogP contribution in [0.25, 0.3) is 11.3 Å². The second-order valence-corrected chi connectivity index (χ2v) is 8.28. The molecule has 0 spiro atoms. The highest BCUT2D eigenvalue weighted by Gasteiger charge is 2.29. The first-order valence-corrected chi connectivity index (χ1v) is 10.7. The average molecular weight is 415 g/mol. The molecule has 0 unspecified atom stereocenters. The molecule has 0 aliphatic heterocycles. The molecule has 1 saturated carbocycles. The van der Waals surface area contributed by atoms with Crippen LogP contribution < -0.4 is 5.32 Å². The fourth-order valence-corrected chi connectivity index (χ4v) is 4.31. The fourth-order valence-electron chi connectivity index (χ4n) is 4.31. The summed E-state index contributed by atoms with van der Waals surface area (Å²) in [5.41, 5.74) is 2.51. The third kappa shape index (κ3) is 4.74. The third-order valence-corrected chi connectivity index (χ3v) is 6.36. The Morgan fingerprint density at radius 3 is 2.57 bits per heavy atom. The molecule has 0 radical (unpaired) electrons. The second-order valence-electron chi connectivity index (χ2n) is 8.28. The summed E-state index contributed by atoms with van der Waals surface area (Å²) in [5.74, 6) is 0.172. The number of rotatable bonds is 6. The number of nitrogens with one attached hydrogen (secondary N) is 1. The van der Waals surface area contributed by atoms with E-state index in [2.05, 4.69) is 19.2 Å². The lowest BCUT2D eigenvalue weighted by atomic mass is 9.78. The van der Waals surface area contributed by atoms with E-state index in [1.165, 1.54) is 18.6 Å². The monoisotopic (exact) mass is 414 g/mol. The van der Waals surface area contributed by atoms with Crippen LogP contribution in [0.15, 0.2) is 30.3 Å². The van der Waals surface area contributed by atoms with Crippen molar-refractivity contribution in [2.45, 2.75) is 59.5 Å². The van der Waals surface area contributed by atoms with E-state index in [0.717, 1.165) is 18.4 Å². The molecule has 6 heteroatoms. The molecule has 1 aromatic carbocycles. The molecule has 0 saturated heterocycles. The topological polar surface area (TPSA) is 60.3 Å². The third-order valence-electron chi connectivity index (χ3n) is 6.36. The van der Waals surface area contributed by atoms with Crippen molar-refractivity contribution in [2.75, 3.05) is 6.61 Å². The van der Waals surface area contributed by atoms with E-state index in [-0.39, 0.29) is 30.9 Å². The SMILES string of the molecule is CCOC(=O)c1cc(-c2ccc(F)cc2)n(CC(=O)N[C@@H]2CCC[C@H](C)[C@H]2C)c1C. The van der Waals surface area contributed by atoms with Crippen LogP contribution in [-0.2, 0) is 16.1 Å². The second kappa shape index (κ2) is 9.45. The van der Waals surface area contributed by atoms with Crippen molar-refractivity contribution in [1.82, 2.24) is 9.88 Å². The molecule has 162 valence electrons. The minimum atomic E-state index is -0.424. The van der Waals surface area contributed by atoms with Gasteiger partial charge in [0.2, 0.25) is 5.91 Å². The minimum Gasteiger partial charge on any atom is -0.462 e. The van der Waals surface area contributed by atoms with Gasteiger partial charge in [-0.25, -0.2) is 9.18 Å². The molecule has 1 fully saturated rings. The van der Waals surface area contributed by atoms with Crippen LogP contribution in [-0.4, -0.2) is 29.1 Å². The number of esters is 1. The van der Waals surface area contributed by atoms with Gasteiger partial charge in [-0.15, -0.1) is 0 Å². The van der Waals surface area contributed by atoms with Crippen molar-refractivity contribution in [3.05, 3.63) is 47.4 Å². The number of nitrogens with zero attached hydrogens (tertiary/aromatic N) is 1. The smallest absolute Gasteiger partial charge is 0.339 e. The van der Waals surface area contributed by atoms with Gasteiger partial charge >= 0.3 is 5.97 Å². The Balaban J connectivity index is 1.88. The van der Waals surface area contributed by atoms with Crippen molar-refractivity contribution >= 4 is 11.9 Å². The number of ether oxygens (including phenoxy) is 1. The highest BCUT2D eigenvalue weighted by atomic mass is 19.1. The molecule has 0 bridgehead atoms. The molecular weight excluding hydrogens is 383 g/mol. The van der Waals surface area contributed by atoms with Crippen LogP contribution >= 0.6 is 0 Å². The molecule has 1 aromatic heterocycles. The van der Waals surface area contributed by atoms with Crippen molar-refractivity contribution in [1.29, 1.82) is 0 Å². The van der Waals surface area contributed by atoms with Gasteiger partial charge in [-0.1, -0.05) is 26.7 Å². The Labute approximate surface area is 177 Å². The zero-order valence-electron chi connectivity index (χ0n) is 18.2. The lowest BCUT2D eigenvalue weighted by molar-refractivity contribution is -0.123.